The van der Waals surface area contributed by atoms with Crippen molar-refractivity contribution in [2.24, 2.45) is 4.99 Å². The molecule has 0 fully saturated rings. The minimum atomic E-state index is -0.181. The number of guanidine groups is 1. The highest BCUT2D eigenvalue weighted by Crippen LogP contribution is 2.27. The Morgan fingerprint density at radius 2 is 1.78 bits per heavy atom. The molecule has 2 N–H and O–H groups in total. The van der Waals surface area contributed by atoms with Crippen LogP contribution in [0.25, 0.3) is 0 Å². The first-order valence-corrected chi connectivity index (χ1v) is 9.69. The number of halogens is 1. The predicted octanol–water partition coefficient (Wildman–Crippen LogP) is 3.34. The third-order valence-electron chi connectivity index (χ3n) is 3.87. The summed E-state index contributed by atoms with van der Waals surface area (Å²) in [5.74, 6) is 2.74. The van der Waals surface area contributed by atoms with Crippen molar-refractivity contribution in [2.45, 2.75) is 11.3 Å². The van der Waals surface area contributed by atoms with Gasteiger partial charge >= 0.3 is 0 Å². The quantitative estimate of drug-likeness (QED) is 0.297. The minimum Gasteiger partial charge on any atom is -0.493 e. The standard InChI is InChI=1S/C20H26FN3O2S/c1-22-20(24-12-13-27-19-7-5-4-6-16(19)21)23-11-10-15-8-9-17(25-2)18(14-15)26-3/h4-9,14H,10-13H2,1-3H3,(H2,22,23,24). The SMILES string of the molecule is CN=C(NCCSc1ccccc1F)NCCc1ccc(OC)c(OC)c1. The highest BCUT2D eigenvalue weighted by Gasteiger charge is 2.05. The molecule has 0 amide bonds. The molecule has 0 heterocycles. The summed E-state index contributed by atoms with van der Waals surface area (Å²) in [6.45, 7) is 1.42. The number of nitrogens with zero attached hydrogens (tertiary/aromatic N) is 1. The molecule has 0 spiro atoms. The largest absolute Gasteiger partial charge is 0.493 e. The fourth-order valence-electron chi connectivity index (χ4n) is 2.47. The number of nitrogens with one attached hydrogen (secondary N) is 2. The number of hydrogen-bond acceptors (Lipinski definition) is 4. The highest BCUT2D eigenvalue weighted by molar-refractivity contribution is 7.99. The van der Waals surface area contributed by atoms with Crippen molar-refractivity contribution < 1.29 is 13.9 Å². The summed E-state index contributed by atoms with van der Waals surface area (Å²) >= 11 is 1.48. The van der Waals surface area contributed by atoms with Crippen LogP contribution in [0.15, 0.2) is 52.4 Å². The van der Waals surface area contributed by atoms with Crippen LogP contribution in [0.4, 0.5) is 4.39 Å². The average molecular weight is 392 g/mol. The van der Waals surface area contributed by atoms with Gasteiger partial charge in [-0.3, -0.25) is 4.99 Å². The molecule has 146 valence electrons. The van der Waals surface area contributed by atoms with Gasteiger partial charge in [0.25, 0.3) is 0 Å². The van der Waals surface area contributed by atoms with E-state index in [1.165, 1.54) is 17.8 Å². The smallest absolute Gasteiger partial charge is 0.191 e. The van der Waals surface area contributed by atoms with Crippen molar-refractivity contribution in [3.63, 3.8) is 0 Å². The number of aliphatic imine (C=N–C) groups is 1. The number of ether oxygens (including phenoxy) is 2. The molecule has 0 aromatic heterocycles. The van der Waals surface area contributed by atoms with Gasteiger partial charge in [0.2, 0.25) is 0 Å². The second kappa shape index (κ2) is 11.3. The number of rotatable bonds is 9. The highest BCUT2D eigenvalue weighted by atomic mass is 32.2. The first kappa shape index (κ1) is 20.9. The summed E-state index contributed by atoms with van der Waals surface area (Å²) in [7, 11) is 4.99. The summed E-state index contributed by atoms with van der Waals surface area (Å²) in [4.78, 5) is 4.87. The average Bonchev–Trinajstić information content (AvgIpc) is 2.70. The summed E-state index contributed by atoms with van der Waals surface area (Å²) in [5, 5.41) is 6.51. The van der Waals surface area contributed by atoms with Crippen molar-refractivity contribution in [3.8, 4) is 11.5 Å². The van der Waals surface area contributed by atoms with Crippen LogP contribution in [0.2, 0.25) is 0 Å². The number of thioether (sulfide) groups is 1. The molecular formula is C20H26FN3O2S. The van der Waals surface area contributed by atoms with Gasteiger partial charge in [-0.1, -0.05) is 18.2 Å². The lowest BCUT2D eigenvalue weighted by Crippen LogP contribution is -2.39. The minimum absolute atomic E-state index is 0.181. The van der Waals surface area contributed by atoms with E-state index < -0.39 is 0 Å². The first-order valence-electron chi connectivity index (χ1n) is 8.70. The van der Waals surface area contributed by atoms with Crippen LogP contribution < -0.4 is 20.1 Å². The summed E-state index contributed by atoms with van der Waals surface area (Å²) in [6, 6.07) is 12.7. The van der Waals surface area contributed by atoms with E-state index in [1.807, 2.05) is 24.3 Å². The van der Waals surface area contributed by atoms with E-state index in [-0.39, 0.29) is 5.82 Å². The molecule has 0 bridgehead atoms. The zero-order chi connectivity index (χ0) is 19.5. The molecule has 0 radical (unpaired) electrons. The molecule has 0 aliphatic rings. The molecule has 2 rings (SSSR count). The Kier molecular flexibility index (Phi) is 8.77. The van der Waals surface area contributed by atoms with Gasteiger partial charge in [0, 0.05) is 30.8 Å². The van der Waals surface area contributed by atoms with E-state index in [1.54, 1.807) is 33.4 Å². The van der Waals surface area contributed by atoms with Crippen LogP contribution in [0.5, 0.6) is 11.5 Å². The maximum absolute atomic E-state index is 13.6. The molecular weight excluding hydrogens is 365 g/mol. The second-order valence-corrected chi connectivity index (χ2v) is 6.78. The van der Waals surface area contributed by atoms with Crippen LogP contribution in [0.3, 0.4) is 0 Å². The Morgan fingerprint density at radius 3 is 2.48 bits per heavy atom. The Labute approximate surface area is 164 Å². The van der Waals surface area contributed by atoms with Crippen LogP contribution in [-0.2, 0) is 6.42 Å². The van der Waals surface area contributed by atoms with Crippen LogP contribution in [0.1, 0.15) is 5.56 Å². The third kappa shape index (κ3) is 6.67. The van der Waals surface area contributed by atoms with Gasteiger partial charge in [-0.2, -0.15) is 0 Å². The molecule has 0 saturated carbocycles. The molecule has 2 aromatic rings. The molecule has 0 unspecified atom stereocenters. The van der Waals surface area contributed by atoms with Crippen LogP contribution in [0, 0.1) is 5.82 Å². The summed E-state index contributed by atoms with van der Waals surface area (Å²) in [5.41, 5.74) is 1.14. The molecule has 27 heavy (non-hydrogen) atoms. The second-order valence-electron chi connectivity index (χ2n) is 5.64. The van der Waals surface area contributed by atoms with Gasteiger partial charge in [-0.15, -0.1) is 11.8 Å². The van der Waals surface area contributed by atoms with Crippen LogP contribution >= 0.6 is 11.8 Å². The molecule has 0 saturated heterocycles. The van der Waals surface area contributed by atoms with E-state index in [0.29, 0.717) is 11.4 Å². The maximum atomic E-state index is 13.6. The maximum Gasteiger partial charge on any atom is 0.191 e. The van der Waals surface area contributed by atoms with Gasteiger partial charge in [0.15, 0.2) is 17.5 Å². The zero-order valence-corrected chi connectivity index (χ0v) is 16.7. The van der Waals surface area contributed by atoms with E-state index in [2.05, 4.69) is 15.6 Å². The topological polar surface area (TPSA) is 54.9 Å². The number of hydrogen-bond donors (Lipinski definition) is 2. The molecule has 7 heteroatoms. The van der Waals surface area contributed by atoms with Gasteiger partial charge < -0.3 is 20.1 Å². The Balaban J connectivity index is 1.72. The van der Waals surface area contributed by atoms with Gasteiger partial charge in [-0.05, 0) is 36.2 Å². The van der Waals surface area contributed by atoms with Crippen molar-refractivity contribution in [1.82, 2.24) is 10.6 Å². The fourth-order valence-corrected chi connectivity index (χ4v) is 3.28. The monoisotopic (exact) mass is 391 g/mol. The van der Waals surface area contributed by atoms with E-state index in [4.69, 9.17) is 9.47 Å². The summed E-state index contributed by atoms with van der Waals surface area (Å²) < 4.78 is 24.2. The third-order valence-corrected chi connectivity index (χ3v) is 4.92. The zero-order valence-electron chi connectivity index (χ0n) is 15.9. The molecule has 5 nitrogen and oxygen atoms in total. The molecule has 0 atom stereocenters. The van der Waals surface area contributed by atoms with Gasteiger partial charge in [0.1, 0.15) is 5.82 Å². The first-order chi connectivity index (χ1) is 13.2. The summed E-state index contributed by atoms with van der Waals surface area (Å²) in [6.07, 6.45) is 0.824. The van der Waals surface area contributed by atoms with Crippen LogP contribution in [-0.4, -0.2) is 46.1 Å². The van der Waals surface area contributed by atoms with E-state index >= 15 is 0 Å². The van der Waals surface area contributed by atoms with E-state index in [0.717, 1.165) is 41.7 Å². The Hall–Kier alpha value is -2.41. The lowest BCUT2D eigenvalue weighted by Gasteiger charge is -2.13. The van der Waals surface area contributed by atoms with Crippen molar-refractivity contribution in [1.29, 1.82) is 0 Å². The molecule has 0 aliphatic carbocycles. The normalized spacial score (nSPS) is 11.2. The van der Waals surface area contributed by atoms with Crippen molar-refractivity contribution in [3.05, 3.63) is 53.8 Å². The van der Waals surface area contributed by atoms with Crippen molar-refractivity contribution >= 4 is 17.7 Å². The molecule has 2 aromatic carbocycles. The van der Waals surface area contributed by atoms with Crippen molar-refractivity contribution in [2.75, 3.05) is 40.1 Å². The lowest BCUT2D eigenvalue weighted by molar-refractivity contribution is 0.354. The Bertz CT molecular complexity index is 756. The Morgan fingerprint density at radius 1 is 1.04 bits per heavy atom. The predicted molar refractivity (Wildman–Crippen MR) is 110 cm³/mol. The van der Waals surface area contributed by atoms with Gasteiger partial charge in [-0.25, -0.2) is 4.39 Å². The van der Waals surface area contributed by atoms with Gasteiger partial charge in [0.05, 0.1) is 14.2 Å². The number of methoxy groups -OCH3 is 2. The van der Waals surface area contributed by atoms with E-state index in [9.17, 15) is 4.39 Å². The fraction of sp³-hybridized carbons (Fsp3) is 0.350. The lowest BCUT2D eigenvalue weighted by atomic mass is 10.1. The number of benzene rings is 2. The molecule has 0 aliphatic heterocycles.